The lowest BCUT2D eigenvalue weighted by Gasteiger charge is -2.38. The minimum Gasteiger partial charge on any atom is -0.365 e. The summed E-state index contributed by atoms with van der Waals surface area (Å²) in [6.07, 6.45) is 5.00. The summed E-state index contributed by atoms with van der Waals surface area (Å²) in [5.74, 6) is 0. The number of hydrogen-bond acceptors (Lipinski definition) is 2. The third-order valence-electron chi connectivity index (χ3n) is 4.50. The summed E-state index contributed by atoms with van der Waals surface area (Å²) < 4.78 is 6.19. The van der Waals surface area contributed by atoms with Crippen LogP contribution in [0.4, 0.5) is 0 Å². The van der Waals surface area contributed by atoms with E-state index in [-0.39, 0.29) is 5.60 Å². The Balaban J connectivity index is 1.78. The van der Waals surface area contributed by atoms with Crippen LogP contribution in [0.2, 0.25) is 0 Å². The van der Waals surface area contributed by atoms with Crippen LogP contribution in [0.15, 0.2) is 24.3 Å². The first-order valence-corrected chi connectivity index (χ1v) is 6.34. The van der Waals surface area contributed by atoms with Crippen molar-refractivity contribution in [2.24, 2.45) is 0 Å². The molecule has 2 unspecified atom stereocenters. The van der Waals surface area contributed by atoms with E-state index in [1.807, 2.05) is 0 Å². The molecule has 0 amide bonds. The molecule has 3 aliphatic heterocycles. The van der Waals surface area contributed by atoms with E-state index in [0.717, 1.165) is 6.61 Å². The Morgan fingerprint density at radius 2 is 1.88 bits per heavy atom. The maximum atomic E-state index is 6.19. The average molecular weight is 215 g/mol. The molecule has 0 aromatic heterocycles. The highest BCUT2D eigenvalue weighted by Crippen LogP contribution is 2.48. The molecule has 2 fully saturated rings. The zero-order valence-electron chi connectivity index (χ0n) is 9.41. The Labute approximate surface area is 96.0 Å². The van der Waals surface area contributed by atoms with Crippen molar-refractivity contribution in [3.05, 3.63) is 35.4 Å². The van der Waals surface area contributed by atoms with Crippen LogP contribution in [-0.2, 0) is 16.9 Å². The molecule has 0 aliphatic carbocycles. The number of nitrogens with one attached hydrogen (secondary N) is 1. The molecule has 0 radical (unpaired) electrons. The quantitative estimate of drug-likeness (QED) is 0.717. The van der Waals surface area contributed by atoms with Gasteiger partial charge in [-0.15, -0.1) is 0 Å². The van der Waals surface area contributed by atoms with Crippen molar-refractivity contribution in [2.45, 2.75) is 50.0 Å². The van der Waals surface area contributed by atoms with E-state index in [1.54, 1.807) is 0 Å². The van der Waals surface area contributed by atoms with Crippen molar-refractivity contribution >= 4 is 0 Å². The summed E-state index contributed by atoms with van der Waals surface area (Å²) >= 11 is 0. The van der Waals surface area contributed by atoms with Gasteiger partial charge in [0, 0.05) is 12.1 Å². The zero-order chi connectivity index (χ0) is 10.6. The van der Waals surface area contributed by atoms with Crippen LogP contribution >= 0.6 is 0 Å². The molecule has 2 nitrogen and oxygen atoms in total. The fourth-order valence-electron chi connectivity index (χ4n) is 3.83. The molecular formula is C14H17NO. The second-order valence-corrected chi connectivity index (χ2v) is 5.49. The third-order valence-corrected chi connectivity index (χ3v) is 4.50. The standard InChI is InChI=1S/C14H17NO/c1-2-4-13-10(3-1)9-16-14(13)7-11-5-6-12(8-14)15-11/h1-4,11-12,15H,5-9H2. The average Bonchev–Trinajstić information content (AvgIpc) is 2.83. The van der Waals surface area contributed by atoms with Crippen LogP contribution in [0.1, 0.15) is 36.8 Å². The van der Waals surface area contributed by atoms with Gasteiger partial charge in [-0.2, -0.15) is 0 Å². The van der Waals surface area contributed by atoms with Gasteiger partial charge in [-0.05, 0) is 36.8 Å². The second kappa shape index (κ2) is 3.08. The Bertz CT molecular complexity index is 416. The summed E-state index contributed by atoms with van der Waals surface area (Å²) in [4.78, 5) is 0. The molecule has 4 rings (SSSR count). The first-order valence-electron chi connectivity index (χ1n) is 6.34. The highest BCUT2D eigenvalue weighted by Gasteiger charge is 2.48. The molecule has 2 saturated heterocycles. The SMILES string of the molecule is c1ccc2c(c1)COC21CC2CCC(C1)N2. The Morgan fingerprint density at radius 3 is 2.69 bits per heavy atom. The van der Waals surface area contributed by atoms with Crippen molar-refractivity contribution < 1.29 is 4.74 Å². The monoisotopic (exact) mass is 215 g/mol. The molecule has 2 bridgehead atoms. The van der Waals surface area contributed by atoms with Gasteiger partial charge < -0.3 is 10.1 Å². The molecule has 2 atom stereocenters. The van der Waals surface area contributed by atoms with E-state index in [9.17, 15) is 0 Å². The van der Waals surface area contributed by atoms with Gasteiger partial charge in [0.05, 0.1) is 12.2 Å². The van der Waals surface area contributed by atoms with Crippen molar-refractivity contribution in [1.29, 1.82) is 0 Å². The van der Waals surface area contributed by atoms with Crippen LogP contribution in [0, 0.1) is 0 Å². The molecule has 1 spiro atoms. The van der Waals surface area contributed by atoms with Crippen molar-refractivity contribution in [1.82, 2.24) is 5.32 Å². The maximum absolute atomic E-state index is 6.19. The number of piperidine rings is 1. The number of ether oxygens (including phenoxy) is 1. The maximum Gasteiger partial charge on any atom is 0.0969 e. The molecule has 1 N–H and O–H groups in total. The first kappa shape index (κ1) is 9.20. The van der Waals surface area contributed by atoms with Gasteiger partial charge in [-0.3, -0.25) is 0 Å². The van der Waals surface area contributed by atoms with Crippen molar-refractivity contribution in [3.8, 4) is 0 Å². The number of hydrogen-bond donors (Lipinski definition) is 1. The van der Waals surface area contributed by atoms with Gasteiger partial charge in [0.15, 0.2) is 0 Å². The molecule has 3 heterocycles. The topological polar surface area (TPSA) is 21.3 Å². The van der Waals surface area contributed by atoms with Crippen LogP contribution in [0.5, 0.6) is 0 Å². The third kappa shape index (κ3) is 1.14. The van der Waals surface area contributed by atoms with E-state index >= 15 is 0 Å². The van der Waals surface area contributed by atoms with E-state index in [2.05, 4.69) is 29.6 Å². The Hall–Kier alpha value is -0.860. The summed E-state index contributed by atoms with van der Waals surface area (Å²) in [5.41, 5.74) is 2.92. The molecule has 0 saturated carbocycles. The summed E-state index contributed by atoms with van der Waals surface area (Å²) in [5, 5.41) is 3.69. The van der Waals surface area contributed by atoms with Crippen molar-refractivity contribution in [2.75, 3.05) is 0 Å². The molecular weight excluding hydrogens is 198 g/mol. The fraction of sp³-hybridized carbons (Fsp3) is 0.571. The Morgan fingerprint density at radius 1 is 1.12 bits per heavy atom. The largest absolute Gasteiger partial charge is 0.365 e. The predicted molar refractivity (Wildman–Crippen MR) is 62.1 cm³/mol. The highest BCUT2D eigenvalue weighted by molar-refractivity contribution is 5.36. The molecule has 3 aliphatic rings. The lowest BCUT2D eigenvalue weighted by molar-refractivity contribution is -0.0708. The summed E-state index contributed by atoms with van der Waals surface area (Å²) in [7, 11) is 0. The Kier molecular flexibility index (Phi) is 1.77. The minimum absolute atomic E-state index is 0.0493. The lowest BCUT2D eigenvalue weighted by atomic mass is 9.81. The van der Waals surface area contributed by atoms with E-state index in [4.69, 9.17) is 4.74 Å². The molecule has 84 valence electrons. The molecule has 1 aromatic rings. The second-order valence-electron chi connectivity index (χ2n) is 5.49. The molecule has 16 heavy (non-hydrogen) atoms. The van der Waals surface area contributed by atoms with E-state index < -0.39 is 0 Å². The van der Waals surface area contributed by atoms with Crippen LogP contribution < -0.4 is 5.32 Å². The van der Waals surface area contributed by atoms with Crippen LogP contribution in [0.3, 0.4) is 0 Å². The van der Waals surface area contributed by atoms with E-state index in [0.29, 0.717) is 12.1 Å². The van der Waals surface area contributed by atoms with Crippen LogP contribution in [-0.4, -0.2) is 12.1 Å². The van der Waals surface area contributed by atoms with Gasteiger partial charge in [0.1, 0.15) is 0 Å². The number of rotatable bonds is 0. The van der Waals surface area contributed by atoms with Gasteiger partial charge >= 0.3 is 0 Å². The minimum atomic E-state index is 0.0493. The molecule has 1 aromatic carbocycles. The lowest BCUT2D eigenvalue weighted by Crippen LogP contribution is -2.46. The highest BCUT2D eigenvalue weighted by atomic mass is 16.5. The number of benzene rings is 1. The number of fused-ring (bicyclic) bond motifs is 4. The van der Waals surface area contributed by atoms with Crippen molar-refractivity contribution in [3.63, 3.8) is 0 Å². The van der Waals surface area contributed by atoms with Gasteiger partial charge in [-0.25, -0.2) is 0 Å². The first-order chi connectivity index (χ1) is 7.86. The van der Waals surface area contributed by atoms with Gasteiger partial charge in [0.2, 0.25) is 0 Å². The summed E-state index contributed by atoms with van der Waals surface area (Å²) in [6, 6.07) is 10.1. The predicted octanol–water partition coefficient (Wildman–Crippen LogP) is 2.33. The fourth-order valence-corrected chi connectivity index (χ4v) is 3.83. The smallest absolute Gasteiger partial charge is 0.0969 e. The summed E-state index contributed by atoms with van der Waals surface area (Å²) in [6.45, 7) is 0.815. The van der Waals surface area contributed by atoms with E-state index in [1.165, 1.54) is 36.8 Å². The van der Waals surface area contributed by atoms with Gasteiger partial charge in [-0.1, -0.05) is 24.3 Å². The normalized spacial score (nSPS) is 40.2. The van der Waals surface area contributed by atoms with Crippen LogP contribution in [0.25, 0.3) is 0 Å². The zero-order valence-corrected chi connectivity index (χ0v) is 9.41. The van der Waals surface area contributed by atoms with Gasteiger partial charge in [0.25, 0.3) is 0 Å². The molecule has 2 heteroatoms.